The van der Waals surface area contributed by atoms with E-state index >= 15 is 0 Å². The average Bonchev–Trinajstić information content (AvgIpc) is 2.32. The summed E-state index contributed by atoms with van der Waals surface area (Å²) in [6, 6.07) is 0. The SMILES string of the molecule is COCCCNC(=O)C(C)S(=O)(=O)C(C)C(=O)O. The number of carboxylic acids is 1. The van der Waals surface area contributed by atoms with Crippen LogP contribution in [0.4, 0.5) is 0 Å². The standard InChI is InChI=1S/C10H19NO6S/c1-7(9(12)11-5-4-6-17-3)18(15,16)8(2)10(13)14/h7-8H,4-6H2,1-3H3,(H,11,12)(H,13,14). The fraction of sp³-hybridized carbons (Fsp3) is 0.800. The smallest absolute Gasteiger partial charge is 0.321 e. The summed E-state index contributed by atoms with van der Waals surface area (Å²) in [5, 5.41) is 8.11. The van der Waals surface area contributed by atoms with Gasteiger partial charge in [0.05, 0.1) is 0 Å². The number of sulfone groups is 1. The molecule has 0 heterocycles. The largest absolute Gasteiger partial charge is 0.480 e. The second-order valence-electron chi connectivity index (χ2n) is 3.85. The summed E-state index contributed by atoms with van der Waals surface area (Å²) >= 11 is 0. The van der Waals surface area contributed by atoms with Crippen molar-refractivity contribution in [1.82, 2.24) is 5.32 Å². The van der Waals surface area contributed by atoms with Crippen LogP contribution in [0.1, 0.15) is 20.3 Å². The molecule has 0 aliphatic rings. The van der Waals surface area contributed by atoms with Gasteiger partial charge >= 0.3 is 5.97 Å². The number of methoxy groups -OCH3 is 1. The first-order valence-corrected chi connectivity index (χ1v) is 7.08. The average molecular weight is 281 g/mol. The molecule has 2 atom stereocenters. The number of carboxylic acid groups (broad SMARTS) is 1. The molecule has 0 aromatic carbocycles. The fourth-order valence-electron chi connectivity index (χ4n) is 1.17. The number of ether oxygens (including phenoxy) is 1. The third-order valence-corrected chi connectivity index (χ3v) is 4.91. The van der Waals surface area contributed by atoms with Crippen molar-refractivity contribution in [3.8, 4) is 0 Å². The van der Waals surface area contributed by atoms with Crippen molar-refractivity contribution in [2.75, 3.05) is 20.3 Å². The van der Waals surface area contributed by atoms with Gasteiger partial charge in [-0.3, -0.25) is 9.59 Å². The van der Waals surface area contributed by atoms with Gasteiger partial charge in [-0.15, -0.1) is 0 Å². The second kappa shape index (κ2) is 7.32. The Morgan fingerprint density at radius 2 is 1.83 bits per heavy atom. The van der Waals surface area contributed by atoms with Gasteiger partial charge in [-0.25, -0.2) is 8.42 Å². The second-order valence-corrected chi connectivity index (χ2v) is 6.44. The zero-order valence-corrected chi connectivity index (χ0v) is 11.5. The van der Waals surface area contributed by atoms with Crippen LogP contribution >= 0.6 is 0 Å². The predicted molar refractivity (Wildman–Crippen MR) is 65.0 cm³/mol. The minimum atomic E-state index is -4.02. The minimum absolute atomic E-state index is 0.286. The first-order chi connectivity index (χ1) is 8.25. The number of carbonyl (C=O) groups excluding carboxylic acids is 1. The highest BCUT2D eigenvalue weighted by atomic mass is 32.2. The van der Waals surface area contributed by atoms with Crippen LogP contribution in [0.25, 0.3) is 0 Å². The lowest BCUT2D eigenvalue weighted by Gasteiger charge is -2.15. The van der Waals surface area contributed by atoms with Gasteiger partial charge in [0.15, 0.2) is 15.1 Å². The highest BCUT2D eigenvalue weighted by molar-refractivity contribution is 7.94. The van der Waals surface area contributed by atoms with Crippen LogP contribution in [-0.4, -0.2) is 56.2 Å². The van der Waals surface area contributed by atoms with Crippen molar-refractivity contribution in [1.29, 1.82) is 0 Å². The van der Waals surface area contributed by atoms with Gasteiger partial charge in [0.25, 0.3) is 0 Å². The van der Waals surface area contributed by atoms with Crippen LogP contribution < -0.4 is 5.32 Å². The third-order valence-electron chi connectivity index (χ3n) is 2.53. The normalized spacial score (nSPS) is 14.8. The van der Waals surface area contributed by atoms with Gasteiger partial charge in [0.2, 0.25) is 5.91 Å². The van der Waals surface area contributed by atoms with Gasteiger partial charge < -0.3 is 15.2 Å². The van der Waals surface area contributed by atoms with E-state index in [4.69, 9.17) is 9.84 Å². The molecule has 0 aromatic rings. The van der Waals surface area contributed by atoms with Crippen molar-refractivity contribution >= 4 is 21.7 Å². The molecule has 8 heteroatoms. The van der Waals surface area contributed by atoms with E-state index in [1.54, 1.807) is 0 Å². The number of rotatable bonds is 8. The Morgan fingerprint density at radius 1 is 1.28 bits per heavy atom. The number of hydrogen-bond acceptors (Lipinski definition) is 5. The molecule has 106 valence electrons. The molecule has 0 radical (unpaired) electrons. The van der Waals surface area contributed by atoms with Gasteiger partial charge in [-0.1, -0.05) is 0 Å². The van der Waals surface area contributed by atoms with Gasteiger partial charge in [0.1, 0.15) is 5.25 Å². The van der Waals surface area contributed by atoms with Crippen LogP contribution in [0.3, 0.4) is 0 Å². The molecule has 0 spiro atoms. The van der Waals surface area contributed by atoms with Crippen molar-refractivity contribution < 1.29 is 27.9 Å². The zero-order chi connectivity index (χ0) is 14.3. The maximum atomic E-state index is 11.7. The minimum Gasteiger partial charge on any atom is -0.480 e. The van der Waals surface area contributed by atoms with Crippen molar-refractivity contribution in [3.63, 3.8) is 0 Å². The molecule has 0 saturated heterocycles. The molecule has 1 amide bonds. The number of carbonyl (C=O) groups is 2. The fourth-order valence-corrected chi connectivity index (χ4v) is 2.44. The molecule has 0 fully saturated rings. The van der Waals surface area contributed by atoms with Gasteiger partial charge in [0, 0.05) is 20.3 Å². The summed E-state index contributed by atoms with van der Waals surface area (Å²) in [6.45, 7) is 2.97. The number of amides is 1. The van der Waals surface area contributed by atoms with Crippen LogP contribution in [0.5, 0.6) is 0 Å². The van der Waals surface area contributed by atoms with Gasteiger partial charge in [-0.05, 0) is 20.3 Å². The summed E-state index contributed by atoms with van der Waals surface area (Å²) in [7, 11) is -2.51. The molecule has 0 aliphatic carbocycles. The highest BCUT2D eigenvalue weighted by Crippen LogP contribution is 2.10. The molecule has 0 saturated carbocycles. The molecular formula is C10H19NO6S. The van der Waals surface area contributed by atoms with E-state index in [1.165, 1.54) is 14.0 Å². The van der Waals surface area contributed by atoms with Gasteiger partial charge in [-0.2, -0.15) is 0 Å². The molecule has 0 rings (SSSR count). The highest BCUT2D eigenvalue weighted by Gasteiger charge is 2.36. The van der Waals surface area contributed by atoms with Crippen molar-refractivity contribution in [2.45, 2.75) is 30.8 Å². The number of nitrogens with one attached hydrogen (secondary N) is 1. The summed E-state index contributed by atoms with van der Waals surface area (Å²) in [5.41, 5.74) is 0. The molecule has 7 nitrogen and oxygen atoms in total. The Morgan fingerprint density at radius 3 is 2.28 bits per heavy atom. The van der Waals surface area contributed by atoms with E-state index < -0.39 is 32.2 Å². The molecule has 2 unspecified atom stereocenters. The lowest BCUT2D eigenvalue weighted by molar-refractivity contribution is -0.136. The van der Waals surface area contributed by atoms with E-state index in [-0.39, 0.29) is 6.54 Å². The maximum Gasteiger partial charge on any atom is 0.321 e. The van der Waals surface area contributed by atoms with Crippen molar-refractivity contribution in [3.05, 3.63) is 0 Å². The summed E-state index contributed by atoms with van der Waals surface area (Å²) in [5.74, 6) is -2.16. The third kappa shape index (κ3) is 4.61. The predicted octanol–water partition coefficient (Wildman–Crippen LogP) is -0.584. The van der Waals surface area contributed by atoms with Crippen LogP contribution in [0.2, 0.25) is 0 Å². The first kappa shape index (κ1) is 16.9. The molecule has 0 bridgehead atoms. The van der Waals surface area contributed by atoms with E-state index in [0.29, 0.717) is 13.0 Å². The molecule has 18 heavy (non-hydrogen) atoms. The summed E-state index contributed by atoms with van der Waals surface area (Å²) in [6.07, 6.45) is 0.559. The lowest BCUT2D eigenvalue weighted by Crippen LogP contribution is -2.44. The van der Waals surface area contributed by atoms with Crippen LogP contribution in [-0.2, 0) is 24.2 Å². The first-order valence-electron chi connectivity index (χ1n) is 5.47. The zero-order valence-electron chi connectivity index (χ0n) is 10.7. The molecule has 0 aliphatic heterocycles. The Balaban J connectivity index is 4.49. The molecular weight excluding hydrogens is 262 g/mol. The van der Waals surface area contributed by atoms with Crippen LogP contribution in [0.15, 0.2) is 0 Å². The lowest BCUT2D eigenvalue weighted by atomic mass is 10.4. The Kier molecular flexibility index (Phi) is 6.85. The van der Waals surface area contributed by atoms with E-state index in [1.807, 2.05) is 0 Å². The summed E-state index contributed by atoms with van der Waals surface area (Å²) < 4.78 is 28.2. The monoisotopic (exact) mass is 281 g/mol. The number of aliphatic carboxylic acids is 1. The topological polar surface area (TPSA) is 110 Å². The Bertz CT molecular complexity index is 391. The maximum absolute atomic E-state index is 11.7. The molecule has 0 aromatic heterocycles. The van der Waals surface area contributed by atoms with E-state index in [0.717, 1.165) is 6.92 Å². The van der Waals surface area contributed by atoms with E-state index in [2.05, 4.69) is 5.32 Å². The van der Waals surface area contributed by atoms with Crippen LogP contribution in [0, 0.1) is 0 Å². The Hall–Kier alpha value is -1.15. The molecule has 2 N–H and O–H groups in total. The Labute approximate surface area is 106 Å². The quantitative estimate of drug-likeness (QED) is 0.576. The van der Waals surface area contributed by atoms with Crippen molar-refractivity contribution in [2.24, 2.45) is 0 Å². The summed E-state index contributed by atoms with van der Waals surface area (Å²) in [4.78, 5) is 22.2. The number of hydrogen-bond donors (Lipinski definition) is 2. The van der Waals surface area contributed by atoms with E-state index in [9.17, 15) is 18.0 Å².